The van der Waals surface area contributed by atoms with Gasteiger partial charge in [-0.2, -0.15) is 0 Å². The van der Waals surface area contributed by atoms with Crippen LogP contribution in [0.25, 0.3) is 0 Å². The highest BCUT2D eigenvalue weighted by molar-refractivity contribution is 4.67. The van der Waals surface area contributed by atoms with Crippen LogP contribution in [0.3, 0.4) is 0 Å². The molecule has 0 bridgehead atoms. The lowest BCUT2D eigenvalue weighted by molar-refractivity contribution is -0.400. The second kappa shape index (κ2) is 12.3. The number of hydrogen-bond donors (Lipinski definition) is 0. The quantitative estimate of drug-likeness (QED) is 0.288. The number of ether oxygens (including phenoxy) is 3. The van der Waals surface area contributed by atoms with E-state index < -0.39 is 5.97 Å². The van der Waals surface area contributed by atoms with Crippen molar-refractivity contribution >= 4 is 0 Å². The molecule has 0 aliphatic carbocycles. The first kappa shape index (κ1) is 21.9. The highest BCUT2D eigenvalue weighted by Gasteiger charge is 2.36. The molecule has 0 amide bonds. The molecule has 0 spiro atoms. The Morgan fingerprint density at radius 3 is 1.77 bits per heavy atom. The van der Waals surface area contributed by atoms with Gasteiger partial charge in [0.25, 0.3) is 5.97 Å². The molecule has 1 unspecified atom stereocenters. The van der Waals surface area contributed by atoms with Gasteiger partial charge >= 0.3 is 0 Å². The predicted octanol–water partition coefficient (Wildman–Crippen LogP) is 6.06. The maximum absolute atomic E-state index is 6.12. The van der Waals surface area contributed by atoms with Crippen LogP contribution in [0.5, 0.6) is 0 Å². The number of unbranched alkanes of at least 4 members (excludes halogenated alkanes) is 7. The number of methoxy groups -OCH3 is 1. The minimum atomic E-state index is -0.878. The molecule has 134 valence electrons. The summed E-state index contributed by atoms with van der Waals surface area (Å²) in [5, 5.41) is 0. The fourth-order valence-electron chi connectivity index (χ4n) is 2.49. The zero-order valence-corrected chi connectivity index (χ0v) is 16.0. The van der Waals surface area contributed by atoms with Crippen molar-refractivity contribution in [3.05, 3.63) is 0 Å². The minimum Gasteiger partial charge on any atom is -0.331 e. The topological polar surface area (TPSA) is 27.7 Å². The fraction of sp³-hybridized carbons (Fsp3) is 1.00. The SMILES string of the molecule is CCCCCCCCCC(OC)(OCCCC)OC(C)(C)C. The minimum absolute atomic E-state index is 0.274. The molecule has 22 heavy (non-hydrogen) atoms. The van der Waals surface area contributed by atoms with Gasteiger partial charge in [-0.3, -0.25) is 0 Å². The van der Waals surface area contributed by atoms with Crippen molar-refractivity contribution in [3.8, 4) is 0 Å². The maximum Gasteiger partial charge on any atom is 0.283 e. The van der Waals surface area contributed by atoms with Crippen molar-refractivity contribution in [1.29, 1.82) is 0 Å². The predicted molar refractivity (Wildman–Crippen MR) is 94.0 cm³/mol. The molecule has 0 heterocycles. The summed E-state index contributed by atoms with van der Waals surface area (Å²) in [6.07, 6.45) is 11.9. The molecule has 0 rings (SSSR count). The van der Waals surface area contributed by atoms with E-state index in [9.17, 15) is 0 Å². The van der Waals surface area contributed by atoms with Crippen molar-refractivity contribution in [1.82, 2.24) is 0 Å². The molecule has 0 aliphatic heterocycles. The van der Waals surface area contributed by atoms with E-state index in [2.05, 4.69) is 34.6 Å². The van der Waals surface area contributed by atoms with Gasteiger partial charge in [-0.1, -0.05) is 58.8 Å². The Morgan fingerprint density at radius 1 is 0.727 bits per heavy atom. The lowest BCUT2D eigenvalue weighted by Crippen LogP contribution is -2.44. The van der Waals surface area contributed by atoms with Crippen LogP contribution in [0.2, 0.25) is 0 Å². The van der Waals surface area contributed by atoms with E-state index in [1.807, 2.05) is 0 Å². The average Bonchev–Trinajstić information content (AvgIpc) is 2.44. The number of hydrogen-bond acceptors (Lipinski definition) is 3. The van der Waals surface area contributed by atoms with Gasteiger partial charge < -0.3 is 14.2 Å². The van der Waals surface area contributed by atoms with E-state index in [1.165, 1.54) is 38.5 Å². The lowest BCUT2D eigenvalue weighted by Gasteiger charge is -2.37. The monoisotopic (exact) mass is 316 g/mol. The second-order valence-electron chi connectivity index (χ2n) is 7.17. The summed E-state index contributed by atoms with van der Waals surface area (Å²) < 4.78 is 17.8. The third-order valence-corrected chi connectivity index (χ3v) is 3.68. The third kappa shape index (κ3) is 11.4. The largest absolute Gasteiger partial charge is 0.331 e. The van der Waals surface area contributed by atoms with E-state index in [0.717, 1.165) is 25.7 Å². The van der Waals surface area contributed by atoms with Crippen LogP contribution in [-0.2, 0) is 14.2 Å². The van der Waals surface area contributed by atoms with Crippen molar-refractivity contribution in [2.24, 2.45) is 0 Å². The average molecular weight is 317 g/mol. The van der Waals surface area contributed by atoms with E-state index in [1.54, 1.807) is 7.11 Å². The molecule has 0 N–H and O–H groups in total. The van der Waals surface area contributed by atoms with Gasteiger partial charge in [0, 0.05) is 13.5 Å². The number of rotatable bonds is 14. The van der Waals surface area contributed by atoms with Crippen LogP contribution < -0.4 is 0 Å². The van der Waals surface area contributed by atoms with Gasteiger partial charge in [-0.25, -0.2) is 0 Å². The molecule has 3 nitrogen and oxygen atoms in total. The summed E-state index contributed by atoms with van der Waals surface area (Å²) in [7, 11) is 1.69. The highest BCUT2D eigenvalue weighted by Crippen LogP contribution is 2.29. The van der Waals surface area contributed by atoms with E-state index >= 15 is 0 Å². The van der Waals surface area contributed by atoms with Gasteiger partial charge in [-0.05, 0) is 33.6 Å². The normalized spacial score (nSPS) is 15.0. The molecule has 0 fully saturated rings. The Balaban J connectivity index is 4.26. The molecule has 3 heteroatoms. The molecule has 0 saturated heterocycles. The van der Waals surface area contributed by atoms with Crippen molar-refractivity contribution < 1.29 is 14.2 Å². The van der Waals surface area contributed by atoms with Gasteiger partial charge in [-0.15, -0.1) is 0 Å². The summed E-state index contributed by atoms with van der Waals surface area (Å²) in [5.41, 5.74) is -0.274. The standard InChI is InChI=1S/C19H40O3/c1-7-9-11-12-13-14-15-16-19(20-6,21-17-10-8-2)22-18(3,4)5/h7-17H2,1-6H3. The Kier molecular flexibility index (Phi) is 12.3. The first-order valence-electron chi connectivity index (χ1n) is 9.28. The molecular weight excluding hydrogens is 276 g/mol. The first-order chi connectivity index (χ1) is 10.4. The molecule has 0 aromatic heterocycles. The van der Waals surface area contributed by atoms with E-state index in [-0.39, 0.29) is 5.60 Å². The fourth-order valence-corrected chi connectivity index (χ4v) is 2.49. The summed E-state index contributed by atoms with van der Waals surface area (Å²) in [6.45, 7) is 11.3. The highest BCUT2D eigenvalue weighted by atomic mass is 16.9. The van der Waals surface area contributed by atoms with E-state index in [0.29, 0.717) is 6.61 Å². The molecule has 0 saturated carbocycles. The molecule has 0 aromatic carbocycles. The third-order valence-electron chi connectivity index (χ3n) is 3.68. The zero-order valence-electron chi connectivity index (χ0n) is 16.0. The summed E-state index contributed by atoms with van der Waals surface area (Å²) in [4.78, 5) is 0. The molecule has 0 aromatic rings. The molecule has 0 aliphatic rings. The summed E-state index contributed by atoms with van der Waals surface area (Å²) >= 11 is 0. The Morgan fingerprint density at radius 2 is 1.27 bits per heavy atom. The van der Waals surface area contributed by atoms with Crippen LogP contribution in [0.4, 0.5) is 0 Å². The van der Waals surface area contributed by atoms with Crippen molar-refractivity contribution in [2.45, 2.75) is 110 Å². The molecule has 1 atom stereocenters. The molecular formula is C19H40O3. The van der Waals surface area contributed by atoms with Crippen LogP contribution in [-0.4, -0.2) is 25.3 Å². The van der Waals surface area contributed by atoms with Crippen molar-refractivity contribution in [2.75, 3.05) is 13.7 Å². The second-order valence-corrected chi connectivity index (χ2v) is 7.17. The Hall–Kier alpha value is -0.120. The van der Waals surface area contributed by atoms with E-state index in [4.69, 9.17) is 14.2 Å². The Bertz CT molecular complexity index is 248. The Labute approximate surface area is 139 Å². The van der Waals surface area contributed by atoms with Crippen LogP contribution in [0.15, 0.2) is 0 Å². The maximum atomic E-state index is 6.12. The van der Waals surface area contributed by atoms with Gasteiger partial charge in [0.15, 0.2) is 0 Å². The van der Waals surface area contributed by atoms with Crippen LogP contribution in [0.1, 0.15) is 98.8 Å². The van der Waals surface area contributed by atoms with Crippen LogP contribution in [0, 0.1) is 0 Å². The first-order valence-corrected chi connectivity index (χ1v) is 9.28. The zero-order chi connectivity index (χ0) is 16.9. The summed E-state index contributed by atoms with van der Waals surface area (Å²) in [5.74, 6) is -0.878. The van der Waals surface area contributed by atoms with Gasteiger partial charge in [0.05, 0.1) is 12.2 Å². The van der Waals surface area contributed by atoms with Crippen LogP contribution >= 0.6 is 0 Å². The smallest absolute Gasteiger partial charge is 0.283 e. The van der Waals surface area contributed by atoms with Crippen molar-refractivity contribution in [3.63, 3.8) is 0 Å². The lowest BCUT2D eigenvalue weighted by atomic mass is 10.1. The van der Waals surface area contributed by atoms with Gasteiger partial charge in [0.1, 0.15) is 0 Å². The summed E-state index contributed by atoms with van der Waals surface area (Å²) in [6, 6.07) is 0. The van der Waals surface area contributed by atoms with Gasteiger partial charge in [0.2, 0.25) is 0 Å². The molecule has 0 radical (unpaired) electrons.